The summed E-state index contributed by atoms with van der Waals surface area (Å²) in [7, 11) is 0. The van der Waals surface area contributed by atoms with Gasteiger partial charge in [0.2, 0.25) is 5.91 Å². The molecule has 2 radical (unpaired) electrons. The van der Waals surface area contributed by atoms with E-state index in [1.165, 1.54) is 0 Å². The summed E-state index contributed by atoms with van der Waals surface area (Å²) in [5.41, 5.74) is 5.12. The van der Waals surface area contributed by atoms with Gasteiger partial charge in [-0.1, -0.05) is 0 Å². The van der Waals surface area contributed by atoms with Crippen molar-refractivity contribution in [2.24, 2.45) is 5.73 Å². The second-order valence-electron chi connectivity index (χ2n) is 1.43. The van der Waals surface area contributed by atoms with Crippen LogP contribution in [0.4, 0.5) is 0 Å². The fourth-order valence-corrected chi connectivity index (χ4v) is 0.314. The Morgan fingerprint density at radius 1 is 1.75 bits per heavy atom. The van der Waals surface area contributed by atoms with Gasteiger partial charge in [-0.05, 0) is 13.0 Å². The normalized spacial score (nSPS) is 8.75. The minimum absolute atomic E-state index is 0.488. The number of carbonyl (C=O) groups excluding carboxylic acids is 1. The van der Waals surface area contributed by atoms with E-state index in [0.29, 0.717) is 13.1 Å². The Balaban J connectivity index is 2.82. The molecular formula is C5H10N2O. The van der Waals surface area contributed by atoms with Crippen molar-refractivity contribution in [1.29, 1.82) is 0 Å². The maximum absolute atomic E-state index is 9.94. The van der Waals surface area contributed by atoms with Crippen LogP contribution in [0, 0.1) is 6.92 Å². The maximum Gasteiger partial charge on any atom is 0.224 e. The number of hydrogen-bond donors (Lipinski definition) is 2. The van der Waals surface area contributed by atoms with Gasteiger partial charge in [0.05, 0.1) is 6.92 Å². The molecule has 46 valence electrons. The molecule has 0 saturated heterocycles. The summed E-state index contributed by atoms with van der Waals surface area (Å²) in [6, 6.07) is 0. The molecule has 0 aliphatic rings. The summed E-state index contributed by atoms with van der Waals surface area (Å²) in [6.45, 7) is 5.90. The number of hydrogen-bond acceptors (Lipinski definition) is 2. The summed E-state index contributed by atoms with van der Waals surface area (Å²) < 4.78 is 0. The Hall–Kier alpha value is -0.570. The van der Waals surface area contributed by atoms with Crippen LogP contribution in [0.3, 0.4) is 0 Å². The lowest BCUT2D eigenvalue weighted by Crippen LogP contribution is -2.22. The summed E-state index contributed by atoms with van der Waals surface area (Å²) >= 11 is 0. The minimum Gasteiger partial charge on any atom is -0.356 e. The molecule has 0 spiro atoms. The highest BCUT2D eigenvalue weighted by atomic mass is 16.1. The van der Waals surface area contributed by atoms with E-state index in [2.05, 4.69) is 5.32 Å². The molecule has 1 amide bonds. The molecule has 3 N–H and O–H groups in total. The van der Waals surface area contributed by atoms with Crippen LogP contribution in [-0.4, -0.2) is 19.0 Å². The first-order valence-electron chi connectivity index (χ1n) is 2.50. The molecule has 0 saturated carbocycles. The summed E-state index contributed by atoms with van der Waals surface area (Å²) in [5, 5.41) is 2.41. The van der Waals surface area contributed by atoms with Crippen LogP contribution in [-0.2, 0) is 4.79 Å². The third-order valence-corrected chi connectivity index (χ3v) is 0.680. The number of nitrogens with two attached hydrogens (primary N) is 1. The Morgan fingerprint density at radius 3 is 2.75 bits per heavy atom. The van der Waals surface area contributed by atoms with E-state index in [1.807, 2.05) is 0 Å². The predicted octanol–water partition coefficient (Wildman–Crippen LogP) is -0.838. The topological polar surface area (TPSA) is 55.1 Å². The number of amides is 1. The van der Waals surface area contributed by atoms with Gasteiger partial charge in [0, 0.05) is 6.54 Å². The molecule has 3 nitrogen and oxygen atoms in total. The second kappa shape index (κ2) is 4.59. The molecule has 0 fully saturated rings. The zero-order chi connectivity index (χ0) is 6.41. The molecule has 3 heteroatoms. The molecular weight excluding hydrogens is 104 g/mol. The van der Waals surface area contributed by atoms with Crippen molar-refractivity contribution >= 4 is 5.91 Å². The average molecular weight is 114 g/mol. The van der Waals surface area contributed by atoms with E-state index in [-0.39, 0.29) is 0 Å². The van der Waals surface area contributed by atoms with E-state index in [9.17, 15) is 4.79 Å². The molecule has 0 atom stereocenters. The van der Waals surface area contributed by atoms with Gasteiger partial charge in [0.25, 0.3) is 0 Å². The second-order valence-corrected chi connectivity index (χ2v) is 1.43. The average Bonchev–Trinajstić information content (AvgIpc) is 1.66. The molecule has 0 unspecified atom stereocenters. The molecule has 0 aromatic rings. The third kappa shape index (κ3) is 5.43. The van der Waals surface area contributed by atoms with Gasteiger partial charge in [-0.15, -0.1) is 0 Å². The lowest BCUT2D eigenvalue weighted by Gasteiger charge is -1.96. The lowest BCUT2D eigenvalue weighted by atomic mass is 10.4. The smallest absolute Gasteiger partial charge is 0.224 e. The fraction of sp³-hybridized carbons (Fsp3) is 0.600. The quantitative estimate of drug-likeness (QED) is 0.470. The molecule has 0 bridgehead atoms. The number of nitrogens with one attached hydrogen (secondary N) is 1. The van der Waals surface area contributed by atoms with Gasteiger partial charge in [0.1, 0.15) is 0 Å². The van der Waals surface area contributed by atoms with Crippen LogP contribution >= 0.6 is 0 Å². The van der Waals surface area contributed by atoms with Crippen LogP contribution in [0.1, 0.15) is 6.42 Å². The lowest BCUT2D eigenvalue weighted by molar-refractivity contribution is -0.116. The van der Waals surface area contributed by atoms with Crippen LogP contribution in [0.25, 0.3) is 0 Å². The Morgan fingerprint density at radius 2 is 2.38 bits per heavy atom. The highest BCUT2D eigenvalue weighted by molar-refractivity contribution is 5.79. The van der Waals surface area contributed by atoms with Gasteiger partial charge in [-0.3, -0.25) is 4.79 Å². The standard InChI is InChI=1S/C5H10N2O/c1-5(8)7-4-2-3-6/h1H,2-4,6H2,(H,7,8). The molecule has 0 heterocycles. The zero-order valence-corrected chi connectivity index (χ0v) is 4.68. The number of carbonyl (C=O) groups is 1. The van der Waals surface area contributed by atoms with Gasteiger partial charge < -0.3 is 11.1 Å². The SMILES string of the molecule is [CH]C(=O)NCCCN. The summed E-state index contributed by atoms with van der Waals surface area (Å²) in [6.07, 6.45) is 0.781. The van der Waals surface area contributed by atoms with Crippen molar-refractivity contribution in [3.63, 3.8) is 0 Å². The van der Waals surface area contributed by atoms with Crippen molar-refractivity contribution in [3.8, 4) is 0 Å². The summed E-state index contributed by atoms with van der Waals surface area (Å²) in [4.78, 5) is 9.94. The Bertz CT molecular complexity index is 72.8. The molecule has 0 aromatic heterocycles. The van der Waals surface area contributed by atoms with Gasteiger partial charge >= 0.3 is 0 Å². The van der Waals surface area contributed by atoms with Crippen molar-refractivity contribution in [2.75, 3.05) is 13.1 Å². The van der Waals surface area contributed by atoms with Crippen LogP contribution < -0.4 is 11.1 Å². The fourth-order valence-electron chi connectivity index (χ4n) is 0.314. The zero-order valence-electron chi connectivity index (χ0n) is 4.68. The first-order chi connectivity index (χ1) is 3.77. The first kappa shape index (κ1) is 7.43. The molecule has 0 aliphatic carbocycles. The molecule has 0 aliphatic heterocycles. The highest BCUT2D eigenvalue weighted by Gasteiger charge is 1.86. The van der Waals surface area contributed by atoms with Crippen molar-refractivity contribution in [1.82, 2.24) is 5.32 Å². The van der Waals surface area contributed by atoms with Crippen LogP contribution in [0.2, 0.25) is 0 Å². The predicted molar refractivity (Wildman–Crippen MR) is 31.0 cm³/mol. The van der Waals surface area contributed by atoms with E-state index in [1.54, 1.807) is 0 Å². The van der Waals surface area contributed by atoms with Gasteiger partial charge in [-0.25, -0.2) is 0 Å². The Labute approximate surface area is 49.3 Å². The molecule has 0 rings (SSSR count). The Kier molecular flexibility index (Phi) is 4.26. The van der Waals surface area contributed by atoms with Gasteiger partial charge in [-0.2, -0.15) is 0 Å². The largest absolute Gasteiger partial charge is 0.356 e. The van der Waals surface area contributed by atoms with E-state index in [4.69, 9.17) is 12.7 Å². The van der Waals surface area contributed by atoms with Crippen molar-refractivity contribution in [2.45, 2.75) is 6.42 Å². The minimum atomic E-state index is -0.488. The van der Waals surface area contributed by atoms with Crippen LogP contribution in [0.15, 0.2) is 0 Å². The van der Waals surface area contributed by atoms with E-state index >= 15 is 0 Å². The van der Waals surface area contributed by atoms with E-state index < -0.39 is 5.91 Å². The monoisotopic (exact) mass is 114 g/mol. The maximum atomic E-state index is 9.94. The van der Waals surface area contributed by atoms with Crippen LogP contribution in [0.5, 0.6) is 0 Å². The first-order valence-corrected chi connectivity index (χ1v) is 2.50. The van der Waals surface area contributed by atoms with E-state index in [0.717, 1.165) is 6.42 Å². The van der Waals surface area contributed by atoms with Gasteiger partial charge in [0.15, 0.2) is 0 Å². The highest BCUT2D eigenvalue weighted by Crippen LogP contribution is 1.67. The molecule has 0 aromatic carbocycles. The number of rotatable bonds is 3. The van der Waals surface area contributed by atoms with Crippen molar-refractivity contribution in [3.05, 3.63) is 6.92 Å². The molecule has 8 heavy (non-hydrogen) atoms. The third-order valence-electron chi connectivity index (χ3n) is 0.680. The summed E-state index contributed by atoms with van der Waals surface area (Å²) in [5.74, 6) is -0.488. The van der Waals surface area contributed by atoms with Crippen molar-refractivity contribution < 1.29 is 4.79 Å².